The Morgan fingerprint density at radius 1 is 1.40 bits per heavy atom. The first-order valence-corrected chi connectivity index (χ1v) is 8.36. The molecule has 0 unspecified atom stereocenters. The molecule has 1 atom stereocenters. The third-order valence-corrected chi connectivity index (χ3v) is 4.29. The van der Waals surface area contributed by atoms with E-state index in [9.17, 15) is 18.8 Å². The van der Waals surface area contributed by atoms with Crippen molar-refractivity contribution in [3.63, 3.8) is 0 Å². The van der Waals surface area contributed by atoms with Gasteiger partial charge < -0.3 is 15.0 Å². The zero-order chi connectivity index (χ0) is 18.2. The van der Waals surface area contributed by atoms with Crippen LogP contribution in [0.2, 0.25) is 0 Å². The van der Waals surface area contributed by atoms with Crippen LogP contribution in [-0.2, 0) is 25.5 Å². The lowest BCUT2D eigenvalue weighted by Crippen LogP contribution is -2.46. The number of likely N-dealkylation sites (tertiary alicyclic amines) is 1. The summed E-state index contributed by atoms with van der Waals surface area (Å²) in [6.45, 7) is 1.02. The first kappa shape index (κ1) is 18.9. The zero-order valence-electron chi connectivity index (χ0n) is 14.3. The number of halogens is 1. The van der Waals surface area contributed by atoms with E-state index < -0.39 is 0 Å². The van der Waals surface area contributed by atoms with E-state index in [-0.39, 0.29) is 42.5 Å². The topological polar surface area (TPSA) is 75.7 Å². The smallest absolute Gasteiger partial charge is 0.307 e. The van der Waals surface area contributed by atoms with E-state index in [4.69, 9.17) is 0 Å². The minimum Gasteiger partial charge on any atom is -0.469 e. The number of ether oxygens (including phenoxy) is 1. The minimum absolute atomic E-state index is 0.00927. The van der Waals surface area contributed by atoms with Gasteiger partial charge >= 0.3 is 5.97 Å². The van der Waals surface area contributed by atoms with Crippen molar-refractivity contribution in [2.45, 2.75) is 25.7 Å². The summed E-state index contributed by atoms with van der Waals surface area (Å²) in [6.07, 6.45) is 1.48. The fourth-order valence-electron chi connectivity index (χ4n) is 2.84. The van der Waals surface area contributed by atoms with Gasteiger partial charge in [0.2, 0.25) is 11.8 Å². The van der Waals surface area contributed by atoms with E-state index in [0.29, 0.717) is 32.4 Å². The van der Waals surface area contributed by atoms with Gasteiger partial charge in [0.1, 0.15) is 5.82 Å². The van der Waals surface area contributed by atoms with Gasteiger partial charge in [0.25, 0.3) is 0 Å². The molecule has 0 spiro atoms. The molecule has 0 radical (unpaired) electrons. The second-order valence-electron chi connectivity index (χ2n) is 6.07. The lowest BCUT2D eigenvalue weighted by molar-refractivity contribution is -0.140. The van der Waals surface area contributed by atoms with Crippen molar-refractivity contribution in [3.05, 3.63) is 35.6 Å². The van der Waals surface area contributed by atoms with Crippen LogP contribution in [0.5, 0.6) is 0 Å². The standard InChI is InChI=1S/C18H23FN2O4/c1-25-17(23)7-9-20-18(24)14-5-6-16(22)21(12-14)10-8-13-3-2-4-15(19)11-13/h2-4,11,14H,5-10,12H2,1H3,(H,20,24)/t14-/m0/s1. The third-order valence-electron chi connectivity index (χ3n) is 4.29. The lowest BCUT2D eigenvalue weighted by atomic mass is 9.96. The largest absolute Gasteiger partial charge is 0.469 e. The average molecular weight is 350 g/mol. The van der Waals surface area contributed by atoms with Gasteiger partial charge in [-0.15, -0.1) is 0 Å². The van der Waals surface area contributed by atoms with E-state index in [0.717, 1.165) is 5.56 Å². The summed E-state index contributed by atoms with van der Waals surface area (Å²) in [5, 5.41) is 2.71. The van der Waals surface area contributed by atoms with Crippen LogP contribution >= 0.6 is 0 Å². The van der Waals surface area contributed by atoms with Crippen molar-refractivity contribution in [2.24, 2.45) is 5.92 Å². The van der Waals surface area contributed by atoms with Gasteiger partial charge in [-0.25, -0.2) is 4.39 Å². The first-order valence-electron chi connectivity index (χ1n) is 8.36. The molecule has 1 aliphatic rings. The zero-order valence-corrected chi connectivity index (χ0v) is 14.3. The van der Waals surface area contributed by atoms with Crippen LogP contribution in [0.15, 0.2) is 24.3 Å². The van der Waals surface area contributed by atoms with Crippen molar-refractivity contribution >= 4 is 17.8 Å². The third kappa shape index (κ3) is 5.85. The maximum absolute atomic E-state index is 13.2. The number of hydrogen-bond donors (Lipinski definition) is 1. The van der Waals surface area contributed by atoms with Crippen LogP contribution in [0.4, 0.5) is 4.39 Å². The predicted molar refractivity (Wildman–Crippen MR) is 89.1 cm³/mol. The molecule has 136 valence electrons. The van der Waals surface area contributed by atoms with Crippen LogP contribution in [-0.4, -0.2) is 49.4 Å². The molecule has 0 aliphatic carbocycles. The van der Waals surface area contributed by atoms with Crippen LogP contribution < -0.4 is 5.32 Å². The number of rotatable bonds is 7. The summed E-state index contributed by atoms with van der Waals surface area (Å²) in [5.41, 5.74) is 0.817. The van der Waals surface area contributed by atoms with Crippen molar-refractivity contribution < 1.29 is 23.5 Å². The molecule has 1 aliphatic heterocycles. The number of nitrogens with one attached hydrogen (secondary N) is 1. The van der Waals surface area contributed by atoms with Crippen LogP contribution in [0, 0.1) is 11.7 Å². The predicted octanol–water partition coefficient (Wildman–Crippen LogP) is 1.29. The summed E-state index contributed by atoms with van der Waals surface area (Å²) >= 11 is 0. The molecule has 0 aromatic heterocycles. The Bertz CT molecular complexity index is 635. The molecule has 6 nitrogen and oxygen atoms in total. The van der Waals surface area contributed by atoms with Crippen LogP contribution in [0.1, 0.15) is 24.8 Å². The number of methoxy groups -OCH3 is 1. The number of esters is 1. The summed E-state index contributed by atoms with van der Waals surface area (Å²) in [6, 6.07) is 6.28. The van der Waals surface area contributed by atoms with Gasteiger partial charge in [-0.1, -0.05) is 12.1 Å². The summed E-state index contributed by atoms with van der Waals surface area (Å²) in [5.74, 6) is -1.12. The van der Waals surface area contributed by atoms with Crippen LogP contribution in [0.25, 0.3) is 0 Å². The number of benzene rings is 1. The molecule has 1 N–H and O–H groups in total. The van der Waals surface area contributed by atoms with E-state index in [2.05, 4.69) is 10.1 Å². The highest BCUT2D eigenvalue weighted by Gasteiger charge is 2.29. The van der Waals surface area contributed by atoms with Gasteiger partial charge in [-0.3, -0.25) is 14.4 Å². The summed E-state index contributed by atoms with van der Waals surface area (Å²) < 4.78 is 17.7. The highest BCUT2D eigenvalue weighted by atomic mass is 19.1. The molecule has 1 aromatic rings. The maximum Gasteiger partial charge on any atom is 0.307 e. The number of amides is 2. The lowest BCUT2D eigenvalue weighted by Gasteiger charge is -2.32. The Labute approximate surface area is 146 Å². The molecular weight excluding hydrogens is 327 g/mol. The Morgan fingerprint density at radius 2 is 2.20 bits per heavy atom. The number of piperidine rings is 1. The second kappa shape index (κ2) is 9.15. The first-order chi connectivity index (χ1) is 12.0. The van der Waals surface area contributed by atoms with E-state index in [1.165, 1.54) is 19.2 Å². The van der Waals surface area contributed by atoms with Crippen molar-refractivity contribution in [2.75, 3.05) is 26.7 Å². The van der Waals surface area contributed by atoms with Crippen LogP contribution in [0.3, 0.4) is 0 Å². The minimum atomic E-state index is -0.379. The summed E-state index contributed by atoms with van der Waals surface area (Å²) in [7, 11) is 1.30. The SMILES string of the molecule is COC(=O)CCNC(=O)[C@H]1CCC(=O)N(CCc2cccc(F)c2)C1. The fourth-order valence-corrected chi connectivity index (χ4v) is 2.84. The van der Waals surface area contributed by atoms with Gasteiger partial charge in [-0.2, -0.15) is 0 Å². The van der Waals surface area contributed by atoms with Crippen molar-refractivity contribution in [1.29, 1.82) is 0 Å². The highest BCUT2D eigenvalue weighted by Crippen LogP contribution is 2.18. The van der Waals surface area contributed by atoms with Gasteiger partial charge in [-0.05, 0) is 30.5 Å². The Hall–Kier alpha value is -2.44. The molecule has 2 rings (SSSR count). The second-order valence-corrected chi connectivity index (χ2v) is 6.07. The number of carbonyl (C=O) groups excluding carboxylic acids is 3. The molecule has 7 heteroatoms. The Morgan fingerprint density at radius 3 is 2.92 bits per heavy atom. The van der Waals surface area contributed by atoms with Crippen molar-refractivity contribution in [1.82, 2.24) is 10.2 Å². The molecule has 0 bridgehead atoms. The maximum atomic E-state index is 13.2. The number of carbonyl (C=O) groups is 3. The number of nitrogens with zero attached hydrogens (tertiary/aromatic N) is 1. The molecule has 25 heavy (non-hydrogen) atoms. The highest BCUT2D eigenvalue weighted by molar-refractivity contribution is 5.84. The molecule has 1 fully saturated rings. The van der Waals surface area contributed by atoms with E-state index >= 15 is 0 Å². The Balaban J connectivity index is 1.82. The van der Waals surface area contributed by atoms with E-state index in [1.807, 2.05) is 6.07 Å². The van der Waals surface area contributed by atoms with Gasteiger partial charge in [0.15, 0.2) is 0 Å². The molecular formula is C18H23FN2O4. The summed E-state index contributed by atoms with van der Waals surface area (Å²) in [4.78, 5) is 36.9. The fraction of sp³-hybridized carbons (Fsp3) is 0.500. The average Bonchev–Trinajstić information content (AvgIpc) is 2.60. The molecule has 1 aromatic carbocycles. The monoisotopic (exact) mass is 350 g/mol. The molecule has 0 saturated carbocycles. The van der Waals surface area contributed by atoms with Crippen molar-refractivity contribution in [3.8, 4) is 0 Å². The van der Waals surface area contributed by atoms with Gasteiger partial charge in [0, 0.05) is 26.1 Å². The quantitative estimate of drug-likeness (QED) is 0.752. The Kier molecular flexibility index (Phi) is 6.91. The van der Waals surface area contributed by atoms with Gasteiger partial charge in [0.05, 0.1) is 19.4 Å². The normalized spacial score (nSPS) is 17.3. The molecule has 1 saturated heterocycles. The molecule has 2 amide bonds. The number of hydrogen-bond acceptors (Lipinski definition) is 4. The van der Waals surface area contributed by atoms with E-state index in [1.54, 1.807) is 11.0 Å². The molecule has 1 heterocycles.